The van der Waals surface area contributed by atoms with Crippen LogP contribution in [0, 0.1) is 0 Å². The summed E-state index contributed by atoms with van der Waals surface area (Å²) in [6.45, 7) is 10.3. The standard InChI is InChI=1S/C19H22N2O2S/c1-5-6-18-20-15(11-24-18)14-7-8-17-16(9-14)21(10-12(2)3)19(22)13(4)23-17/h7-9,11,13H,2,5-6,10H2,1,3-4H3. The molecule has 0 N–H and O–H groups in total. The lowest BCUT2D eigenvalue weighted by Crippen LogP contribution is -2.45. The number of amides is 1. The molecule has 2 heterocycles. The molecule has 0 aliphatic carbocycles. The van der Waals surface area contributed by atoms with Crippen molar-refractivity contribution in [1.29, 1.82) is 0 Å². The van der Waals surface area contributed by atoms with Gasteiger partial charge in [0.1, 0.15) is 5.75 Å². The summed E-state index contributed by atoms with van der Waals surface area (Å²) in [5, 5.41) is 3.22. The largest absolute Gasteiger partial charge is 0.479 e. The van der Waals surface area contributed by atoms with Crippen LogP contribution in [0.15, 0.2) is 35.7 Å². The van der Waals surface area contributed by atoms with Gasteiger partial charge in [0.25, 0.3) is 5.91 Å². The smallest absolute Gasteiger partial charge is 0.268 e. The maximum absolute atomic E-state index is 12.5. The van der Waals surface area contributed by atoms with Crippen LogP contribution < -0.4 is 9.64 Å². The van der Waals surface area contributed by atoms with Crippen LogP contribution in [-0.2, 0) is 11.2 Å². The summed E-state index contributed by atoms with van der Waals surface area (Å²) in [6, 6.07) is 5.93. The van der Waals surface area contributed by atoms with E-state index < -0.39 is 6.10 Å². The van der Waals surface area contributed by atoms with E-state index in [1.54, 1.807) is 23.2 Å². The van der Waals surface area contributed by atoms with E-state index in [4.69, 9.17) is 9.72 Å². The molecule has 0 saturated carbocycles. The van der Waals surface area contributed by atoms with Gasteiger partial charge in [-0.3, -0.25) is 4.79 Å². The van der Waals surface area contributed by atoms with E-state index in [0.717, 1.165) is 46.1 Å². The Balaban J connectivity index is 1.99. The van der Waals surface area contributed by atoms with Crippen LogP contribution in [-0.4, -0.2) is 23.5 Å². The molecule has 1 amide bonds. The zero-order valence-corrected chi connectivity index (χ0v) is 15.2. The molecular formula is C19H22N2O2S. The molecule has 1 aromatic carbocycles. The van der Waals surface area contributed by atoms with E-state index in [0.29, 0.717) is 6.54 Å². The molecule has 24 heavy (non-hydrogen) atoms. The van der Waals surface area contributed by atoms with Crippen molar-refractivity contribution in [1.82, 2.24) is 4.98 Å². The zero-order valence-electron chi connectivity index (χ0n) is 14.3. The molecule has 0 spiro atoms. The molecular weight excluding hydrogens is 320 g/mol. The van der Waals surface area contributed by atoms with Gasteiger partial charge in [0, 0.05) is 17.5 Å². The van der Waals surface area contributed by atoms with Gasteiger partial charge in [0.05, 0.1) is 16.4 Å². The van der Waals surface area contributed by atoms with E-state index in [-0.39, 0.29) is 5.91 Å². The van der Waals surface area contributed by atoms with Crippen molar-refractivity contribution < 1.29 is 9.53 Å². The van der Waals surface area contributed by atoms with E-state index in [1.165, 1.54) is 0 Å². The Labute approximate surface area is 146 Å². The van der Waals surface area contributed by atoms with Crippen molar-refractivity contribution in [3.63, 3.8) is 0 Å². The van der Waals surface area contributed by atoms with Crippen LogP contribution in [0.5, 0.6) is 5.75 Å². The Hall–Kier alpha value is -2.14. The Kier molecular flexibility index (Phi) is 4.71. The van der Waals surface area contributed by atoms with E-state index in [9.17, 15) is 4.79 Å². The van der Waals surface area contributed by atoms with Gasteiger partial charge in [-0.25, -0.2) is 4.98 Å². The first kappa shape index (κ1) is 16.7. The summed E-state index contributed by atoms with van der Waals surface area (Å²) in [4.78, 5) is 19.0. The monoisotopic (exact) mass is 342 g/mol. The van der Waals surface area contributed by atoms with Gasteiger partial charge in [-0.2, -0.15) is 0 Å². The van der Waals surface area contributed by atoms with Gasteiger partial charge in [0.2, 0.25) is 0 Å². The maximum Gasteiger partial charge on any atom is 0.268 e. The number of benzene rings is 1. The number of aromatic nitrogens is 1. The average Bonchev–Trinajstić information content (AvgIpc) is 3.00. The molecule has 0 bridgehead atoms. The predicted molar refractivity (Wildman–Crippen MR) is 98.8 cm³/mol. The molecule has 1 aliphatic rings. The van der Waals surface area contributed by atoms with Crippen LogP contribution in [0.3, 0.4) is 0 Å². The number of fused-ring (bicyclic) bond motifs is 1. The molecule has 2 aromatic rings. The molecule has 5 heteroatoms. The number of ether oxygens (including phenoxy) is 1. The van der Waals surface area contributed by atoms with Gasteiger partial charge >= 0.3 is 0 Å². The van der Waals surface area contributed by atoms with Crippen molar-refractivity contribution in [2.24, 2.45) is 0 Å². The topological polar surface area (TPSA) is 42.4 Å². The molecule has 1 atom stereocenters. The molecule has 3 rings (SSSR count). The van der Waals surface area contributed by atoms with Crippen molar-refractivity contribution in [3.8, 4) is 17.0 Å². The average molecular weight is 342 g/mol. The van der Waals surface area contributed by atoms with Gasteiger partial charge in [-0.05, 0) is 44.9 Å². The number of anilines is 1. The first-order valence-electron chi connectivity index (χ1n) is 8.20. The lowest BCUT2D eigenvalue weighted by atomic mass is 10.1. The molecule has 0 radical (unpaired) electrons. The summed E-state index contributed by atoms with van der Waals surface area (Å²) in [5.41, 5.74) is 3.69. The third kappa shape index (κ3) is 3.22. The van der Waals surface area contributed by atoms with E-state index in [2.05, 4.69) is 18.9 Å². The minimum Gasteiger partial charge on any atom is -0.479 e. The number of carbonyl (C=O) groups excluding carboxylic acids is 1. The van der Waals surface area contributed by atoms with Crippen LogP contribution in [0.25, 0.3) is 11.3 Å². The van der Waals surface area contributed by atoms with E-state index >= 15 is 0 Å². The van der Waals surface area contributed by atoms with Crippen LogP contribution >= 0.6 is 11.3 Å². The summed E-state index contributed by atoms with van der Waals surface area (Å²) in [7, 11) is 0. The third-order valence-corrected chi connectivity index (χ3v) is 4.82. The van der Waals surface area contributed by atoms with E-state index in [1.807, 2.05) is 25.1 Å². The number of nitrogens with zero attached hydrogens (tertiary/aromatic N) is 2. The van der Waals surface area contributed by atoms with Crippen molar-refractivity contribution in [3.05, 3.63) is 40.7 Å². The number of rotatable bonds is 5. The lowest BCUT2D eigenvalue weighted by molar-refractivity contribution is -0.125. The van der Waals surface area contributed by atoms with Gasteiger partial charge in [-0.15, -0.1) is 11.3 Å². The summed E-state index contributed by atoms with van der Waals surface area (Å²) in [6.07, 6.45) is 1.61. The van der Waals surface area contributed by atoms with Crippen molar-refractivity contribution in [2.75, 3.05) is 11.4 Å². The normalized spacial score (nSPS) is 16.7. The number of aryl methyl sites for hydroxylation is 1. The minimum absolute atomic E-state index is 0.0346. The summed E-state index contributed by atoms with van der Waals surface area (Å²) in [5.74, 6) is 0.698. The van der Waals surface area contributed by atoms with Gasteiger partial charge < -0.3 is 9.64 Å². The Morgan fingerprint density at radius 2 is 2.25 bits per heavy atom. The van der Waals surface area contributed by atoms with Gasteiger partial charge in [0.15, 0.2) is 6.10 Å². The highest BCUT2D eigenvalue weighted by molar-refractivity contribution is 7.09. The first-order valence-corrected chi connectivity index (χ1v) is 9.08. The number of thiazole rings is 1. The van der Waals surface area contributed by atoms with Crippen LogP contribution in [0.4, 0.5) is 5.69 Å². The quantitative estimate of drug-likeness (QED) is 0.754. The van der Waals surface area contributed by atoms with Crippen LogP contribution in [0.2, 0.25) is 0 Å². The van der Waals surface area contributed by atoms with Crippen molar-refractivity contribution in [2.45, 2.75) is 39.7 Å². The Morgan fingerprint density at radius 3 is 2.96 bits per heavy atom. The predicted octanol–water partition coefficient (Wildman–Crippen LogP) is 4.45. The van der Waals surface area contributed by atoms with Crippen LogP contribution in [0.1, 0.15) is 32.2 Å². The molecule has 126 valence electrons. The summed E-state index contributed by atoms with van der Waals surface area (Å²) >= 11 is 1.68. The molecule has 1 aromatic heterocycles. The fraction of sp³-hybridized carbons (Fsp3) is 0.368. The second-order valence-corrected chi connectivity index (χ2v) is 7.14. The second-order valence-electron chi connectivity index (χ2n) is 6.20. The molecule has 1 unspecified atom stereocenters. The number of hydrogen-bond donors (Lipinski definition) is 0. The fourth-order valence-corrected chi connectivity index (χ4v) is 3.68. The molecule has 0 fully saturated rings. The SMILES string of the molecule is C=C(C)CN1C(=O)C(C)Oc2ccc(-c3csc(CCC)n3)cc21. The first-order chi connectivity index (χ1) is 11.5. The number of hydrogen-bond acceptors (Lipinski definition) is 4. The third-order valence-electron chi connectivity index (χ3n) is 3.91. The van der Waals surface area contributed by atoms with Gasteiger partial charge in [-0.1, -0.05) is 19.1 Å². The molecule has 1 aliphatic heterocycles. The maximum atomic E-state index is 12.5. The Bertz CT molecular complexity index is 781. The highest BCUT2D eigenvalue weighted by atomic mass is 32.1. The summed E-state index contributed by atoms with van der Waals surface area (Å²) < 4.78 is 5.75. The fourth-order valence-electron chi connectivity index (χ4n) is 2.77. The number of carbonyl (C=O) groups is 1. The highest BCUT2D eigenvalue weighted by Gasteiger charge is 2.31. The lowest BCUT2D eigenvalue weighted by Gasteiger charge is -2.33. The Morgan fingerprint density at radius 1 is 1.46 bits per heavy atom. The van der Waals surface area contributed by atoms with Crippen molar-refractivity contribution >= 4 is 22.9 Å². The molecule has 0 saturated heterocycles. The zero-order chi connectivity index (χ0) is 17.3. The minimum atomic E-state index is -0.474. The second kappa shape index (κ2) is 6.77. The molecule has 4 nitrogen and oxygen atoms in total. The highest BCUT2D eigenvalue weighted by Crippen LogP contribution is 2.38.